The Morgan fingerprint density at radius 2 is 1.86 bits per heavy atom. The van der Waals surface area contributed by atoms with Crippen LogP contribution in [-0.4, -0.2) is 33.0 Å². The molecule has 0 saturated heterocycles. The van der Waals surface area contributed by atoms with Crippen LogP contribution < -0.4 is 5.32 Å². The molecule has 0 aliphatic heterocycles. The van der Waals surface area contributed by atoms with E-state index < -0.39 is 9.84 Å². The second-order valence-corrected chi connectivity index (χ2v) is 6.33. The molecule has 0 aromatic carbocycles. The summed E-state index contributed by atoms with van der Waals surface area (Å²) in [5.41, 5.74) is 0. The molecule has 0 radical (unpaired) electrons. The maximum Gasteiger partial charge on any atom is 0.150 e. The topological polar surface area (TPSA) is 46.2 Å². The Kier molecular flexibility index (Phi) is 6.36. The zero-order valence-corrected chi connectivity index (χ0v) is 10.5. The van der Waals surface area contributed by atoms with Gasteiger partial charge in [-0.1, -0.05) is 20.3 Å². The first-order chi connectivity index (χ1) is 6.41. The van der Waals surface area contributed by atoms with Crippen molar-refractivity contribution in [1.29, 1.82) is 0 Å². The number of nitrogens with one attached hydrogen (secondary N) is 1. The average molecular weight is 221 g/mol. The molecule has 2 atom stereocenters. The van der Waals surface area contributed by atoms with E-state index in [-0.39, 0.29) is 12.0 Å². The van der Waals surface area contributed by atoms with E-state index in [0.29, 0.717) is 17.9 Å². The molecular formula is C10H23NO2S. The highest BCUT2D eigenvalue weighted by Gasteiger charge is 2.15. The molecule has 0 aromatic rings. The molecule has 0 saturated carbocycles. The third kappa shape index (κ3) is 6.38. The molecule has 0 aromatic heterocycles. The average Bonchev–Trinajstić information content (AvgIpc) is 2.13. The molecule has 1 N–H and O–H groups in total. The van der Waals surface area contributed by atoms with E-state index in [1.54, 1.807) is 0 Å². The van der Waals surface area contributed by atoms with E-state index >= 15 is 0 Å². The van der Waals surface area contributed by atoms with Gasteiger partial charge in [0.25, 0.3) is 0 Å². The van der Waals surface area contributed by atoms with Crippen LogP contribution in [0.2, 0.25) is 0 Å². The smallest absolute Gasteiger partial charge is 0.150 e. The van der Waals surface area contributed by atoms with Crippen LogP contribution in [0.5, 0.6) is 0 Å². The molecule has 14 heavy (non-hydrogen) atoms. The normalized spacial score (nSPS) is 16.6. The first kappa shape index (κ1) is 13.9. The Morgan fingerprint density at radius 3 is 2.29 bits per heavy atom. The Morgan fingerprint density at radius 1 is 1.29 bits per heavy atom. The van der Waals surface area contributed by atoms with Crippen LogP contribution in [0, 0.1) is 5.92 Å². The van der Waals surface area contributed by atoms with Gasteiger partial charge in [0.1, 0.15) is 0 Å². The molecule has 0 amide bonds. The lowest BCUT2D eigenvalue weighted by atomic mass is 10.2. The molecule has 0 spiro atoms. The minimum absolute atomic E-state index is 0.279. The third-order valence-electron chi connectivity index (χ3n) is 2.59. The first-order valence-corrected chi connectivity index (χ1v) is 7.11. The van der Waals surface area contributed by atoms with Gasteiger partial charge >= 0.3 is 0 Å². The monoisotopic (exact) mass is 221 g/mol. The number of hydrogen-bond acceptors (Lipinski definition) is 3. The van der Waals surface area contributed by atoms with E-state index in [1.807, 2.05) is 27.8 Å². The Bertz CT molecular complexity index is 237. The fourth-order valence-electron chi connectivity index (χ4n) is 1.14. The molecule has 0 aliphatic rings. The summed E-state index contributed by atoms with van der Waals surface area (Å²) in [6.45, 7) is 6.01. The van der Waals surface area contributed by atoms with E-state index in [2.05, 4.69) is 5.32 Å². The number of rotatable bonds is 7. The predicted molar refractivity (Wildman–Crippen MR) is 61.2 cm³/mol. The first-order valence-electron chi connectivity index (χ1n) is 5.29. The summed E-state index contributed by atoms with van der Waals surface area (Å²) in [6.07, 6.45) is 1.63. The fraction of sp³-hybridized carbons (Fsp3) is 1.00. The highest BCUT2D eigenvalue weighted by atomic mass is 32.2. The minimum atomic E-state index is -2.84. The van der Waals surface area contributed by atoms with E-state index in [9.17, 15) is 8.42 Å². The lowest BCUT2D eigenvalue weighted by Gasteiger charge is -2.12. The van der Waals surface area contributed by atoms with Crippen LogP contribution >= 0.6 is 0 Å². The summed E-state index contributed by atoms with van der Waals surface area (Å²) in [5, 5.41) is 3.04. The van der Waals surface area contributed by atoms with Gasteiger partial charge in [0, 0.05) is 6.04 Å². The molecule has 0 rings (SSSR count). The lowest BCUT2D eigenvalue weighted by molar-refractivity contribution is 0.547. The number of hydrogen-bond donors (Lipinski definition) is 1. The predicted octanol–water partition coefficient (Wildman–Crippen LogP) is 1.45. The summed E-state index contributed by atoms with van der Waals surface area (Å²) in [6, 6.07) is 0.279. The molecule has 86 valence electrons. The largest absolute Gasteiger partial charge is 0.317 e. The number of sulfone groups is 1. The standard InChI is InChI=1S/C10H23NO2S/c1-5-9(2)8-14(12,13)7-6-10(3)11-4/h9-11H,5-8H2,1-4H3. The van der Waals surface area contributed by atoms with Crippen LogP contribution in [0.15, 0.2) is 0 Å². The van der Waals surface area contributed by atoms with Gasteiger partial charge in [-0.05, 0) is 26.3 Å². The summed E-state index contributed by atoms with van der Waals surface area (Å²) >= 11 is 0. The SMILES string of the molecule is CCC(C)CS(=O)(=O)CCC(C)NC. The van der Waals surface area contributed by atoms with Gasteiger partial charge in [0.05, 0.1) is 11.5 Å². The molecule has 2 unspecified atom stereocenters. The minimum Gasteiger partial charge on any atom is -0.317 e. The molecular weight excluding hydrogens is 198 g/mol. The molecule has 0 heterocycles. The summed E-state index contributed by atoms with van der Waals surface area (Å²) < 4.78 is 23.2. The fourth-order valence-corrected chi connectivity index (χ4v) is 3.12. The molecule has 0 aliphatic carbocycles. The van der Waals surface area contributed by atoms with Gasteiger partial charge in [-0.3, -0.25) is 0 Å². The Labute approximate surface area is 88.2 Å². The van der Waals surface area contributed by atoms with Gasteiger partial charge in [-0.2, -0.15) is 0 Å². The van der Waals surface area contributed by atoms with Crippen molar-refractivity contribution in [3.05, 3.63) is 0 Å². The highest BCUT2D eigenvalue weighted by Crippen LogP contribution is 2.07. The van der Waals surface area contributed by atoms with E-state index in [4.69, 9.17) is 0 Å². The Hall–Kier alpha value is -0.0900. The summed E-state index contributed by atoms with van der Waals surface area (Å²) in [7, 11) is -0.985. The van der Waals surface area contributed by atoms with Gasteiger partial charge < -0.3 is 5.32 Å². The zero-order chi connectivity index (χ0) is 11.2. The van der Waals surface area contributed by atoms with Gasteiger partial charge in [-0.15, -0.1) is 0 Å². The van der Waals surface area contributed by atoms with Gasteiger partial charge in [-0.25, -0.2) is 8.42 Å². The molecule has 3 nitrogen and oxygen atoms in total. The quantitative estimate of drug-likeness (QED) is 0.707. The molecule has 0 bridgehead atoms. The van der Waals surface area contributed by atoms with Crippen LogP contribution in [0.1, 0.15) is 33.6 Å². The Balaban J connectivity index is 3.96. The molecule has 4 heteroatoms. The van der Waals surface area contributed by atoms with Crippen molar-refractivity contribution in [2.24, 2.45) is 5.92 Å². The van der Waals surface area contributed by atoms with Crippen LogP contribution in [-0.2, 0) is 9.84 Å². The van der Waals surface area contributed by atoms with Crippen molar-refractivity contribution in [3.8, 4) is 0 Å². The van der Waals surface area contributed by atoms with Gasteiger partial charge in [0.15, 0.2) is 9.84 Å². The maximum absolute atomic E-state index is 11.6. The molecule has 0 fully saturated rings. The van der Waals surface area contributed by atoms with Crippen molar-refractivity contribution in [3.63, 3.8) is 0 Å². The van der Waals surface area contributed by atoms with Crippen LogP contribution in [0.4, 0.5) is 0 Å². The second-order valence-electron chi connectivity index (χ2n) is 4.11. The van der Waals surface area contributed by atoms with Crippen molar-refractivity contribution in [1.82, 2.24) is 5.32 Å². The van der Waals surface area contributed by atoms with Crippen molar-refractivity contribution in [2.75, 3.05) is 18.6 Å². The highest BCUT2D eigenvalue weighted by molar-refractivity contribution is 7.91. The maximum atomic E-state index is 11.6. The third-order valence-corrected chi connectivity index (χ3v) is 4.52. The van der Waals surface area contributed by atoms with Crippen LogP contribution in [0.3, 0.4) is 0 Å². The summed E-state index contributed by atoms with van der Waals surface area (Å²) in [5.74, 6) is 0.920. The van der Waals surface area contributed by atoms with Crippen LogP contribution in [0.25, 0.3) is 0 Å². The second kappa shape index (κ2) is 6.40. The van der Waals surface area contributed by atoms with Crippen molar-refractivity contribution >= 4 is 9.84 Å². The lowest BCUT2D eigenvalue weighted by Crippen LogP contribution is -2.26. The zero-order valence-electron chi connectivity index (χ0n) is 9.71. The summed E-state index contributed by atoms with van der Waals surface area (Å²) in [4.78, 5) is 0. The van der Waals surface area contributed by atoms with Gasteiger partial charge in [0.2, 0.25) is 0 Å². The van der Waals surface area contributed by atoms with Crippen molar-refractivity contribution < 1.29 is 8.42 Å². The van der Waals surface area contributed by atoms with E-state index in [1.165, 1.54) is 0 Å². The van der Waals surface area contributed by atoms with Crippen molar-refractivity contribution in [2.45, 2.75) is 39.7 Å². The van der Waals surface area contributed by atoms with E-state index in [0.717, 1.165) is 6.42 Å².